The second kappa shape index (κ2) is 6.51. The van der Waals surface area contributed by atoms with Crippen LogP contribution in [0, 0.1) is 0 Å². The molecule has 0 aromatic heterocycles. The van der Waals surface area contributed by atoms with Crippen LogP contribution in [0.2, 0.25) is 0 Å². The minimum absolute atomic E-state index is 0.148. The second-order valence-corrected chi connectivity index (χ2v) is 3.62. The van der Waals surface area contributed by atoms with Crippen LogP contribution in [0.25, 0.3) is 0 Å². The maximum Gasteiger partial charge on any atom is 0.337 e. The lowest BCUT2D eigenvalue weighted by Crippen LogP contribution is -2.18. The lowest BCUT2D eigenvalue weighted by atomic mass is 10.1. The second-order valence-electron chi connectivity index (χ2n) is 3.62. The van der Waals surface area contributed by atoms with Gasteiger partial charge in [-0.1, -0.05) is 30.3 Å². The molecular formula is C12H13NO5. The van der Waals surface area contributed by atoms with Crippen LogP contribution in [-0.4, -0.2) is 28.0 Å². The van der Waals surface area contributed by atoms with Gasteiger partial charge in [0, 0.05) is 12.8 Å². The van der Waals surface area contributed by atoms with Crippen LogP contribution in [0.3, 0.4) is 0 Å². The Morgan fingerprint density at radius 3 is 1.94 bits per heavy atom. The van der Waals surface area contributed by atoms with E-state index in [9.17, 15) is 14.4 Å². The largest absolute Gasteiger partial charge is 0.479 e. The zero-order valence-corrected chi connectivity index (χ0v) is 9.50. The molecule has 0 spiro atoms. The van der Waals surface area contributed by atoms with Crippen molar-refractivity contribution < 1.29 is 24.6 Å². The van der Waals surface area contributed by atoms with Gasteiger partial charge in [-0.3, -0.25) is 14.9 Å². The van der Waals surface area contributed by atoms with E-state index in [1.54, 1.807) is 30.3 Å². The van der Waals surface area contributed by atoms with Gasteiger partial charge in [0.15, 0.2) is 6.10 Å². The van der Waals surface area contributed by atoms with Gasteiger partial charge >= 0.3 is 5.97 Å². The summed E-state index contributed by atoms with van der Waals surface area (Å²) in [5, 5.41) is 19.5. The monoisotopic (exact) mass is 251 g/mol. The molecule has 3 N–H and O–H groups in total. The summed E-state index contributed by atoms with van der Waals surface area (Å²) in [7, 11) is 0. The Morgan fingerprint density at radius 2 is 1.61 bits per heavy atom. The van der Waals surface area contributed by atoms with Crippen molar-refractivity contribution in [3.05, 3.63) is 35.9 Å². The van der Waals surface area contributed by atoms with Crippen LogP contribution in [0.5, 0.6) is 0 Å². The third-order valence-corrected chi connectivity index (χ3v) is 2.21. The van der Waals surface area contributed by atoms with E-state index in [0.29, 0.717) is 18.4 Å². The van der Waals surface area contributed by atoms with E-state index in [0.717, 1.165) is 0 Å². The molecule has 96 valence electrons. The number of nitrogens with one attached hydrogen (secondary N) is 1. The number of aliphatic hydroxyl groups excluding tert-OH is 1. The van der Waals surface area contributed by atoms with Gasteiger partial charge in [-0.25, -0.2) is 4.79 Å². The van der Waals surface area contributed by atoms with Crippen molar-refractivity contribution in [2.75, 3.05) is 0 Å². The van der Waals surface area contributed by atoms with Crippen molar-refractivity contribution in [3.63, 3.8) is 0 Å². The number of benzene rings is 1. The molecular weight excluding hydrogens is 238 g/mol. The molecule has 1 fully saturated rings. The molecule has 1 aromatic carbocycles. The standard InChI is InChI=1S/C8H8O3.C4H5NO2/c9-7(8(10)11)6-4-2-1-3-5-6;6-3-1-2-4(7)5-3/h1-5,7,9H,(H,10,11);1-2H2,(H,5,6,7). The Bertz CT molecular complexity index is 429. The molecule has 1 heterocycles. The number of hydrogen-bond acceptors (Lipinski definition) is 4. The first-order chi connectivity index (χ1) is 8.50. The highest BCUT2D eigenvalue weighted by atomic mass is 16.4. The van der Waals surface area contributed by atoms with Crippen molar-refractivity contribution >= 4 is 17.8 Å². The molecule has 18 heavy (non-hydrogen) atoms. The molecule has 6 nitrogen and oxygen atoms in total. The molecule has 0 aliphatic carbocycles. The number of imide groups is 1. The van der Waals surface area contributed by atoms with Crippen molar-refractivity contribution in [1.82, 2.24) is 5.32 Å². The summed E-state index contributed by atoms with van der Waals surface area (Å²) >= 11 is 0. The third kappa shape index (κ3) is 4.34. The summed E-state index contributed by atoms with van der Waals surface area (Å²) < 4.78 is 0. The maximum absolute atomic E-state index is 10.2. The van der Waals surface area contributed by atoms with Gasteiger partial charge < -0.3 is 10.2 Å². The number of carboxylic acid groups (broad SMARTS) is 1. The summed E-state index contributed by atoms with van der Waals surface area (Å²) in [4.78, 5) is 30.5. The molecule has 1 aliphatic heterocycles. The average Bonchev–Trinajstić information content (AvgIpc) is 2.74. The Kier molecular flexibility index (Phi) is 5.01. The van der Waals surface area contributed by atoms with Crippen molar-refractivity contribution in [2.45, 2.75) is 18.9 Å². The third-order valence-electron chi connectivity index (χ3n) is 2.21. The summed E-state index contributed by atoms with van der Waals surface area (Å²) in [6.45, 7) is 0. The van der Waals surface area contributed by atoms with E-state index >= 15 is 0 Å². The van der Waals surface area contributed by atoms with E-state index in [4.69, 9.17) is 10.2 Å². The number of carbonyl (C=O) groups is 3. The zero-order chi connectivity index (χ0) is 13.5. The number of aliphatic hydroxyl groups is 1. The maximum atomic E-state index is 10.2. The Labute approximate surface area is 103 Å². The summed E-state index contributed by atoms with van der Waals surface area (Å²) in [6, 6.07) is 8.26. The Hall–Kier alpha value is -2.21. The van der Waals surface area contributed by atoms with Gasteiger partial charge in [-0.2, -0.15) is 0 Å². The number of hydrogen-bond donors (Lipinski definition) is 3. The smallest absolute Gasteiger partial charge is 0.337 e. The molecule has 0 bridgehead atoms. The van der Waals surface area contributed by atoms with Crippen LogP contribution in [0.15, 0.2) is 30.3 Å². The summed E-state index contributed by atoms with van der Waals surface area (Å²) in [5.74, 6) is -1.52. The van der Waals surface area contributed by atoms with Crippen LogP contribution in [0.1, 0.15) is 24.5 Å². The first-order valence-electron chi connectivity index (χ1n) is 5.29. The molecule has 1 atom stereocenters. The topological polar surface area (TPSA) is 104 Å². The lowest BCUT2D eigenvalue weighted by Gasteiger charge is -2.03. The number of rotatable bonds is 2. The Balaban J connectivity index is 0.000000199. The molecule has 1 aliphatic rings. The fraction of sp³-hybridized carbons (Fsp3) is 0.250. The predicted octanol–water partition coefficient (Wildman–Crippen LogP) is 0.228. The average molecular weight is 251 g/mol. The molecule has 0 saturated carbocycles. The van der Waals surface area contributed by atoms with Crippen molar-refractivity contribution in [2.24, 2.45) is 0 Å². The number of carbonyl (C=O) groups excluding carboxylic acids is 2. The molecule has 0 radical (unpaired) electrons. The minimum Gasteiger partial charge on any atom is -0.479 e. The van der Waals surface area contributed by atoms with Crippen LogP contribution >= 0.6 is 0 Å². The van der Waals surface area contributed by atoms with Gasteiger partial charge in [0.05, 0.1) is 0 Å². The van der Waals surface area contributed by atoms with E-state index in [2.05, 4.69) is 5.32 Å². The number of aliphatic carboxylic acids is 1. The van der Waals surface area contributed by atoms with E-state index in [-0.39, 0.29) is 11.8 Å². The van der Waals surface area contributed by atoms with E-state index in [1.165, 1.54) is 0 Å². The van der Waals surface area contributed by atoms with Crippen LogP contribution < -0.4 is 5.32 Å². The van der Waals surface area contributed by atoms with Gasteiger partial charge in [-0.05, 0) is 5.56 Å². The van der Waals surface area contributed by atoms with Crippen LogP contribution in [-0.2, 0) is 14.4 Å². The highest BCUT2D eigenvalue weighted by Gasteiger charge is 2.15. The molecule has 1 unspecified atom stereocenters. The molecule has 2 amide bonds. The highest BCUT2D eigenvalue weighted by molar-refractivity contribution is 6.01. The first-order valence-corrected chi connectivity index (χ1v) is 5.29. The van der Waals surface area contributed by atoms with Crippen LogP contribution in [0.4, 0.5) is 0 Å². The molecule has 2 rings (SSSR count). The molecule has 1 aromatic rings. The highest BCUT2D eigenvalue weighted by Crippen LogP contribution is 2.10. The number of amides is 2. The molecule has 6 heteroatoms. The lowest BCUT2D eigenvalue weighted by molar-refractivity contribution is -0.147. The van der Waals surface area contributed by atoms with Gasteiger partial charge in [-0.15, -0.1) is 0 Å². The van der Waals surface area contributed by atoms with Crippen molar-refractivity contribution in [3.8, 4) is 0 Å². The van der Waals surface area contributed by atoms with E-state index < -0.39 is 12.1 Å². The fourth-order valence-corrected chi connectivity index (χ4v) is 1.29. The molecule has 1 saturated heterocycles. The van der Waals surface area contributed by atoms with Crippen molar-refractivity contribution in [1.29, 1.82) is 0 Å². The first kappa shape index (κ1) is 13.9. The van der Waals surface area contributed by atoms with Gasteiger partial charge in [0.1, 0.15) is 0 Å². The van der Waals surface area contributed by atoms with Gasteiger partial charge in [0.25, 0.3) is 0 Å². The summed E-state index contributed by atoms with van der Waals surface area (Å²) in [6.07, 6.45) is -0.659. The Morgan fingerprint density at radius 1 is 1.11 bits per heavy atom. The number of carboxylic acids is 1. The quantitative estimate of drug-likeness (QED) is 0.653. The predicted molar refractivity (Wildman–Crippen MR) is 61.4 cm³/mol. The fourth-order valence-electron chi connectivity index (χ4n) is 1.29. The zero-order valence-electron chi connectivity index (χ0n) is 9.50. The van der Waals surface area contributed by atoms with E-state index in [1.807, 2.05) is 0 Å². The SMILES string of the molecule is O=C(O)C(O)c1ccccc1.O=C1CCC(=O)N1. The summed E-state index contributed by atoms with van der Waals surface area (Å²) in [5.41, 5.74) is 0.403. The normalized spacial score (nSPS) is 15.4. The minimum atomic E-state index is -1.41. The van der Waals surface area contributed by atoms with Gasteiger partial charge in [0.2, 0.25) is 11.8 Å².